The maximum absolute atomic E-state index is 4.99. The van der Waals surface area contributed by atoms with Crippen LogP contribution in [0.2, 0.25) is 0 Å². The minimum Gasteiger partial charge on any atom is -0.296 e. The number of hydrogen-bond acceptors (Lipinski definition) is 1. The summed E-state index contributed by atoms with van der Waals surface area (Å²) in [6.45, 7) is 2.18. The van der Waals surface area contributed by atoms with Gasteiger partial charge in [0.15, 0.2) is 0 Å². The number of aromatic nitrogens is 2. The van der Waals surface area contributed by atoms with E-state index >= 15 is 0 Å². The van der Waals surface area contributed by atoms with Crippen LogP contribution in [0.1, 0.15) is 12.7 Å². The first kappa shape index (κ1) is 32.6. The van der Waals surface area contributed by atoms with E-state index < -0.39 is 0 Å². The summed E-state index contributed by atoms with van der Waals surface area (Å²) in [6, 6.07) is 72.7. The fraction of sp³-hybridized carbons (Fsp3) is 0.0377. The Labute approximate surface area is 321 Å². The minimum atomic E-state index is 0.850. The van der Waals surface area contributed by atoms with Crippen molar-refractivity contribution < 1.29 is 0 Å². The van der Waals surface area contributed by atoms with Crippen molar-refractivity contribution >= 4 is 32.6 Å². The number of aryl methyl sites for hydroxylation is 1. The van der Waals surface area contributed by atoms with Crippen molar-refractivity contribution in [2.45, 2.75) is 13.3 Å². The topological polar surface area (TPSA) is 17.8 Å². The van der Waals surface area contributed by atoms with Gasteiger partial charge >= 0.3 is 0 Å². The van der Waals surface area contributed by atoms with Gasteiger partial charge in [-0.3, -0.25) is 4.57 Å². The molecule has 10 aromatic rings. The maximum atomic E-state index is 4.99. The van der Waals surface area contributed by atoms with Crippen molar-refractivity contribution in [3.63, 3.8) is 0 Å². The molecule has 0 radical (unpaired) electrons. The molecular formula is C53H38N2. The fourth-order valence-corrected chi connectivity index (χ4v) is 8.46. The highest BCUT2D eigenvalue weighted by Gasteiger charge is 2.19. The number of hydrogen-bond donors (Lipinski definition) is 0. The molecule has 0 aliphatic rings. The van der Waals surface area contributed by atoms with Crippen LogP contribution < -0.4 is 0 Å². The Morgan fingerprint density at radius 3 is 1.56 bits per heavy atom. The van der Waals surface area contributed by atoms with E-state index in [-0.39, 0.29) is 0 Å². The molecule has 9 aromatic carbocycles. The zero-order valence-electron chi connectivity index (χ0n) is 30.7. The van der Waals surface area contributed by atoms with Crippen LogP contribution in [0.15, 0.2) is 200 Å². The Morgan fingerprint density at radius 1 is 0.382 bits per heavy atom. The van der Waals surface area contributed by atoms with Crippen molar-refractivity contribution in [2.75, 3.05) is 0 Å². The Bertz CT molecular complexity index is 2950. The monoisotopic (exact) mass is 702 g/mol. The molecule has 1 aromatic heterocycles. The van der Waals surface area contributed by atoms with Crippen molar-refractivity contribution in [3.8, 4) is 61.3 Å². The lowest BCUT2D eigenvalue weighted by Crippen LogP contribution is -2.00. The first-order valence-corrected chi connectivity index (χ1v) is 19.1. The molecule has 0 aliphatic carbocycles. The van der Waals surface area contributed by atoms with Crippen LogP contribution in [0.3, 0.4) is 0 Å². The largest absolute Gasteiger partial charge is 0.296 e. The molecule has 10 rings (SSSR count). The molecule has 0 saturated carbocycles. The van der Waals surface area contributed by atoms with E-state index in [1.54, 1.807) is 0 Å². The first-order chi connectivity index (χ1) is 27.2. The van der Waals surface area contributed by atoms with E-state index in [0.717, 1.165) is 29.0 Å². The van der Waals surface area contributed by atoms with Crippen LogP contribution in [0.5, 0.6) is 0 Å². The molecule has 260 valence electrons. The zero-order valence-corrected chi connectivity index (χ0v) is 30.7. The van der Waals surface area contributed by atoms with E-state index in [1.165, 1.54) is 77.2 Å². The Kier molecular flexibility index (Phi) is 8.15. The van der Waals surface area contributed by atoms with Gasteiger partial charge in [-0.25, -0.2) is 4.98 Å². The van der Waals surface area contributed by atoms with E-state index in [9.17, 15) is 0 Å². The second-order valence-corrected chi connectivity index (χ2v) is 14.2. The summed E-state index contributed by atoms with van der Waals surface area (Å²) in [4.78, 5) is 4.99. The van der Waals surface area contributed by atoms with E-state index in [2.05, 4.69) is 212 Å². The highest BCUT2D eigenvalue weighted by Crippen LogP contribution is 2.45. The van der Waals surface area contributed by atoms with Gasteiger partial charge in [-0.2, -0.15) is 0 Å². The maximum Gasteiger partial charge on any atom is 0.114 e. The molecule has 1 heterocycles. The highest BCUT2D eigenvalue weighted by molar-refractivity contribution is 6.21. The molecule has 0 spiro atoms. The number of benzene rings is 9. The summed E-state index contributed by atoms with van der Waals surface area (Å²) in [5, 5.41) is 4.96. The number of fused-ring (bicyclic) bond motifs is 3. The number of rotatable bonds is 7. The van der Waals surface area contributed by atoms with Crippen LogP contribution in [0.25, 0.3) is 93.9 Å². The third-order valence-corrected chi connectivity index (χ3v) is 10.9. The summed E-state index contributed by atoms with van der Waals surface area (Å²) in [6.07, 6.45) is 0.850. The van der Waals surface area contributed by atoms with E-state index in [1.807, 2.05) is 0 Å². The quantitative estimate of drug-likeness (QED) is 0.151. The Hall–Kier alpha value is -7.03. The molecule has 55 heavy (non-hydrogen) atoms. The summed E-state index contributed by atoms with van der Waals surface area (Å²) < 4.78 is 2.32. The molecule has 0 amide bonds. The van der Waals surface area contributed by atoms with Crippen molar-refractivity contribution in [1.82, 2.24) is 9.55 Å². The summed E-state index contributed by atoms with van der Waals surface area (Å²) in [5.41, 5.74) is 15.4. The number of imidazole rings is 1. The van der Waals surface area contributed by atoms with Gasteiger partial charge in [0, 0.05) is 12.1 Å². The zero-order chi connectivity index (χ0) is 36.7. The van der Waals surface area contributed by atoms with Crippen molar-refractivity contribution in [2.24, 2.45) is 0 Å². The molecular weight excluding hydrogens is 665 g/mol. The smallest absolute Gasteiger partial charge is 0.114 e. The summed E-state index contributed by atoms with van der Waals surface area (Å²) in [5.74, 6) is 1.06. The number of para-hydroxylation sites is 2. The molecule has 0 unspecified atom stereocenters. The molecule has 2 heteroatoms. The normalized spacial score (nSPS) is 11.4. The van der Waals surface area contributed by atoms with Gasteiger partial charge in [0.2, 0.25) is 0 Å². The van der Waals surface area contributed by atoms with Crippen LogP contribution in [-0.4, -0.2) is 9.55 Å². The second-order valence-electron chi connectivity index (χ2n) is 14.2. The molecule has 0 bridgehead atoms. The Balaban J connectivity index is 1.16. The summed E-state index contributed by atoms with van der Waals surface area (Å²) >= 11 is 0. The van der Waals surface area contributed by atoms with Crippen molar-refractivity contribution in [1.29, 1.82) is 0 Å². The highest BCUT2D eigenvalue weighted by atomic mass is 15.1. The van der Waals surface area contributed by atoms with E-state index in [4.69, 9.17) is 4.98 Å². The van der Waals surface area contributed by atoms with Crippen LogP contribution in [0, 0.1) is 0 Å². The predicted octanol–water partition coefficient (Wildman–Crippen LogP) is 14.2. The van der Waals surface area contributed by atoms with Gasteiger partial charge in [0.1, 0.15) is 5.82 Å². The second kappa shape index (κ2) is 13.7. The van der Waals surface area contributed by atoms with Gasteiger partial charge in [0.25, 0.3) is 0 Å². The molecule has 0 aliphatic heterocycles. The molecule has 0 atom stereocenters. The first-order valence-electron chi connectivity index (χ1n) is 19.1. The van der Waals surface area contributed by atoms with Crippen LogP contribution in [-0.2, 0) is 6.42 Å². The van der Waals surface area contributed by atoms with E-state index in [0.29, 0.717) is 0 Å². The lowest BCUT2D eigenvalue weighted by Gasteiger charge is -2.19. The number of nitrogens with zero attached hydrogens (tertiary/aromatic N) is 2. The van der Waals surface area contributed by atoms with Crippen molar-refractivity contribution in [3.05, 3.63) is 206 Å². The third kappa shape index (κ3) is 5.71. The van der Waals surface area contributed by atoms with Gasteiger partial charge in [-0.05, 0) is 114 Å². The molecule has 2 nitrogen and oxygen atoms in total. The SMILES string of the molecule is CCc1nc2ccccc2n1-c1cccc(-c2c3ccccc3c(-c3cccc(-c4ccc(-c5ccccc5)cc4-c4ccccc4)c3)c3ccccc23)c1. The molecule has 0 fully saturated rings. The minimum absolute atomic E-state index is 0.850. The fourth-order valence-electron chi connectivity index (χ4n) is 8.46. The summed E-state index contributed by atoms with van der Waals surface area (Å²) in [7, 11) is 0. The van der Waals surface area contributed by atoms with Gasteiger partial charge < -0.3 is 0 Å². The third-order valence-electron chi connectivity index (χ3n) is 10.9. The molecule has 0 N–H and O–H groups in total. The molecule has 0 saturated heterocycles. The predicted molar refractivity (Wildman–Crippen MR) is 233 cm³/mol. The van der Waals surface area contributed by atoms with Crippen LogP contribution in [0.4, 0.5) is 0 Å². The van der Waals surface area contributed by atoms with Gasteiger partial charge in [-0.15, -0.1) is 0 Å². The van der Waals surface area contributed by atoms with Crippen LogP contribution >= 0.6 is 0 Å². The van der Waals surface area contributed by atoms with Gasteiger partial charge in [-0.1, -0.05) is 171 Å². The Morgan fingerprint density at radius 2 is 0.909 bits per heavy atom. The average Bonchev–Trinajstić information content (AvgIpc) is 3.65. The lowest BCUT2D eigenvalue weighted by molar-refractivity contribution is 0.908. The average molecular weight is 703 g/mol. The van der Waals surface area contributed by atoms with Gasteiger partial charge in [0.05, 0.1) is 11.0 Å². The standard InChI is InChI=1S/C53H38N2/c1-2-51-54-49-29-13-14-30-50(49)55(51)42-24-16-23-41(34-42)53-46-27-11-9-25-44(46)52(45-26-10-12-28-47(45)53)40-22-15-21-39(33-40)43-32-31-38(36-17-5-3-6-18-36)35-48(43)37-19-7-4-8-20-37/h3-35H,2H2,1H3. The lowest BCUT2D eigenvalue weighted by atomic mass is 9.84.